The van der Waals surface area contributed by atoms with E-state index in [-0.39, 0.29) is 0 Å². The van der Waals surface area contributed by atoms with E-state index in [9.17, 15) is 0 Å². The smallest absolute Gasteiger partial charge is 0.0801 e. The summed E-state index contributed by atoms with van der Waals surface area (Å²) in [5, 5.41) is 9.73. The fourth-order valence-corrected chi connectivity index (χ4v) is 7.45. The molecule has 3 nitrogen and oxygen atoms in total. The van der Waals surface area contributed by atoms with Gasteiger partial charge in [0.05, 0.1) is 27.8 Å². The molecule has 0 N–H and O–H groups in total. The maximum absolute atomic E-state index is 4.85. The third-order valence-electron chi connectivity index (χ3n) is 9.46. The molecule has 0 spiro atoms. The van der Waals surface area contributed by atoms with Crippen LogP contribution in [0.4, 0.5) is 0 Å². The molecule has 0 aliphatic heterocycles. The number of hydrogen-bond acceptors (Lipinski definition) is 1. The van der Waals surface area contributed by atoms with Crippen molar-refractivity contribution in [2.24, 2.45) is 0 Å². The lowest BCUT2D eigenvalue weighted by Gasteiger charge is -2.13. The van der Waals surface area contributed by atoms with Gasteiger partial charge < -0.3 is 9.13 Å². The van der Waals surface area contributed by atoms with E-state index in [0.717, 1.165) is 16.6 Å². The molecule has 0 saturated carbocycles. The van der Waals surface area contributed by atoms with Crippen molar-refractivity contribution in [2.75, 3.05) is 0 Å². The van der Waals surface area contributed by atoms with Gasteiger partial charge in [0.2, 0.25) is 0 Å². The van der Waals surface area contributed by atoms with Crippen LogP contribution in [0.15, 0.2) is 140 Å². The highest BCUT2D eigenvalue weighted by Crippen LogP contribution is 2.38. The highest BCUT2D eigenvalue weighted by atomic mass is 15.0. The number of benzene rings is 6. The van der Waals surface area contributed by atoms with Crippen molar-refractivity contribution in [3.63, 3.8) is 0 Å². The minimum atomic E-state index is 1.03. The average molecular weight is 590 g/mol. The third-order valence-corrected chi connectivity index (χ3v) is 9.46. The number of para-hydroxylation sites is 2. The Morgan fingerprint density at radius 1 is 0.522 bits per heavy atom. The van der Waals surface area contributed by atoms with Gasteiger partial charge in [-0.05, 0) is 85.0 Å². The van der Waals surface area contributed by atoms with Gasteiger partial charge in [-0.3, -0.25) is 4.98 Å². The Hall–Kier alpha value is -5.93. The van der Waals surface area contributed by atoms with Crippen LogP contribution in [0.25, 0.3) is 89.0 Å². The van der Waals surface area contributed by atoms with Gasteiger partial charge in [-0.25, -0.2) is 0 Å². The van der Waals surface area contributed by atoms with Crippen molar-refractivity contribution >= 4 is 66.5 Å². The molecule has 9 aromatic rings. The standard InChI is InChI=1S/C43H31N3/c1-3-33-35-26-30(21-23-39(35)45(37(33)4-2)32-14-6-5-7-15-32)31-22-24-40-36(27-31)34-16-8-9-17-38(34)46(40)41-18-10-12-28-19-20-29-13-11-25-44-43(29)42(28)41/h3-27H,1-2H3. The van der Waals surface area contributed by atoms with E-state index >= 15 is 0 Å². The van der Waals surface area contributed by atoms with Crippen LogP contribution in [0, 0.1) is 0 Å². The van der Waals surface area contributed by atoms with Crippen LogP contribution in [0.3, 0.4) is 0 Å². The fraction of sp³-hybridized carbons (Fsp3) is 0.0465. The average Bonchev–Trinajstić information content (AvgIpc) is 3.63. The van der Waals surface area contributed by atoms with Crippen molar-refractivity contribution in [3.8, 4) is 22.5 Å². The molecule has 0 aliphatic carbocycles. The van der Waals surface area contributed by atoms with E-state index in [2.05, 4.69) is 163 Å². The summed E-state index contributed by atoms with van der Waals surface area (Å²) < 4.78 is 4.79. The number of hydrogen-bond donors (Lipinski definition) is 0. The third kappa shape index (κ3) is 3.82. The topological polar surface area (TPSA) is 22.8 Å². The first-order chi connectivity index (χ1) is 22.7. The Morgan fingerprint density at radius 2 is 1.22 bits per heavy atom. The zero-order chi connectivity index (χ0) is 30.8. The molecule has 218 valence electrons. The van der Waals surface area contributed by atoms with Crippen LogP contribution < -0.4 is 10.6 Å². The van der Waals surface area contributed by atoms with E-state index in [1.54, 1.807) is 0 Å². The summed E-state index contributed by atoms with van der Waals surface area (Å²) in [4.78, 5) is 4.85. The van der Waals surface area contributed by atoms with Crippen LogP contribution in [0.2, 0.25) is 0 Å². The molecule has 3 aromatic heterocycles. The molecule has 0 saturated heterocycles. The molecule has 0 amide bonds. The Bertz CT molecular complexity index is 2760. The zero-order valence-corrected chi connectivity index (χ0v) is 25.8. The number of nitrogens with zero attached hydrogens (tertiary/aromatic N) is 3. The van der Waals surface area contributed by atoms with E-state index in [4.69, 9.17) is 4.98 Å². The van der Waals surface area contributed by atoms with Gasteiger partial charge in [-0.1, -0.05) is 91.0 Å². The Kier molecular flexibility index (Phi) is 5.94. The van der Waals surface area contributed by atoms with Crippen LogP contribution in [-0.4, -0.2) is 14.1 Å². The van der Waals surface area contributed by atoms with Gasteiger partial charge in [0.25, 0.3) is 0 Å². The monoisotopic (exact) mass is 589 g/mol. The first-order valence-corrected chi connectivity index (χ1v) is 15.9. The highest BCUT2D eigenvalue weighted by molar-refractivity contribution is 6.15. The Balaban J connectivity index is 1.29. The minimum Gasteiger partial charge on any atom is -0.310 e. The lowest BCUT2D eigenvalue weighted by molar-refractivity contribution is 1.07. The normalized spacial score (nSPS) is 12.8. The second kappa shape index (κ2) is 10.3. The van der Waals surface area contributed by atoms with Crippen molar-refractivity contribution in [2.45, 2.75) is 13.8 Å². The quantitative estimate of drug-likeness (QED) is 0.188. The SMILES string of the molecule is CC=c1c(=CC)n(-c2ccccc2)c2ccc(-c3ccc4c(c3)c3ccccc3n4-c3cccc4ccc5cccnc5c34)cc12. The van der Waals surface area contributed by atoms with Gasteiger partial charge in [-0.2, -0.15) is 0 Å². The molecule has 46 heavy (non-hydrogen) atoms. The van der Waals surface area contributed by atoms with Gasteiger partial charge in [-0.15, -0.1) is 0 Å². The first kappa shape index (κ1) is 26.5. The predicted molar refractivity (Wildman–Crippen MR) is 195 cm³/mol. The lowest BCUT2D eigenvalue weighted by Crippen LogP contribution is -2.27. The fourth-order valence-electron chi connectivity index (χ4n) is 7.45. The van der Waals surface area contributed by atoms with E-state index < -0.39 is 0 Å². The minimum absolute atomic E-state index is 1.03. The molecule has 0 unspecified atom stereocenters. The lowest BCUT2D eigenvalue weighted by atomic mass is 10.0. The summed E-state index contributed by atoms with van der Waals surface area (Å²) in [6, 6.07) is 48.3. The van der Waals surface area contributed by atoms with Gasteiger partial charge >= 0.3 is 0 Å². The number of rotatable bonds is 3. The van der Waals surface area contributed by atoms with Crippen molar-refractivity contribution in [3.05, 3.63) is 150 Å². The van der Waals surface area contributed by atoms with E-state index in [1.165, 1.54) is 70.9 Å². The van der Waals surface area contributed by atoms with Crippen LogP contribution in [0.1, 0.15) is 13.8 Å². The molecule has 3 heteroatoms. The molecule has 9 rings (SSSR count). The molecule has 6 aromatic carbocycles. The van der Waals surface area contributed by atoms with E-state index in [1.807, 2.05) is 12.3 Å². The summed E-state index contributed by atoms with van der Waals surface area (Å²) in [7, 11) is 0. The maximum Gasteiger partial charge on any atom is 0.0801 e. The molecule has 0 aliphatic rings. The number of aromatic nitrogens is 3. The number of fused-ring (bicyclic) bond motifs is 7. The van der Waals surface area contributed by atoms with Crippen molar-refractivity contribution in [1.82, 2.24) is 14.1 Å². The van der Waals surface area contributed by atoms with Crippen LogP contribution in [0.5, 0.6) is 0 Å². The molecule has 0 fully saturated rings. The van der Waals surface area contributed by atoms with Gasteiger partial charge in [0.1, 0.15) is 0 Å². The van der Waals surface area contributed by atoms with Gasteiger partial charge in [0, 0.05) is 49.4 Å². The Morgan fingerprint density at radius 3 is 2.02 bits per heavy atom. The molecule has 0 bridgehead atoms. The van der Waals surface area contributed by atoms with Crippen molar-refractivity contribution in [1.29, 1.82) is 0 Å². The summed E-state index contributed by atoms with van der Waals surface area (Å²) >= 11 is 0. The second-order valence-corrected chi connectivity index (χ2v) is 11.9. The van der Waals surface area contributed by atoms with Crippen molar-refractivity contribution < 1.29 is 0 Å². The van der Waals surface area contributed by atoms with Gasteiger partial charge in [0.15, 0.2) is 0 Å². The summed E-state index contributed by atoms with van der Waals surface area (Å²) in [5.74, 6) is 0. The molecular formula is C43H31N3. The first-order valence-electron chi connectivity index (χ1n) is 15.9. The molecule has 0 radical (unpaired) electrons. The summed E-state index contributed by atoms with van der Waals surface area (Å²) in [6.45, 7) is 4.26. The largest absolute Gasteiger partial charge is 0.310 e. The summed E-state index contributed by atoms with van der Waals surface area (Å²) in [5.41, 5.74) is 9.36. The highest BCUT2D eigenvalue weighted by Gasteiger charge is 2.17. The maximum atomic E-state index is 4.85. The molecule has 0 atom stereocenters. The molecule has 3 heterocycles. The van der Waals surface area contributed by atoms with E-state index in [0.29, 0.717) is 0 Å². The van der Waals surface area contributed by atoms with Crippen LogP contribution in [-0.2, 0) is 0 Å². The molecular weight excluding hydrogens is 558 g/mol. The second-order valence-electron chi connectivity index (χ2n) is 11.9. The number of pyridine rings is 1. The zero-order valence-electron chi connectivity index (χ0n) is 25.8. The summed E-state index contributed by atoms with van der Waals surface area (Å²) in [6.07, 6.45) is 6.35. The predicted octanol–water partition coefficient (Wildman–Crippen LogP) is 9.70. The van der Waals surface area contributed by atoms with Crippen LogP contribution >= 0.6 is 0 Å². The Labute approximate surface area is 266 Å².